The van der Waals surface area contributed by atoms with Crippen molar-refractivity contribution in [3.05, 3.63) is 86.4 Å². The van der Waals surface area contributed by atoms with Gasteiger partial charge in [0.1, 0.15) is 17.1 Å². The molecule has 0 aliphatic heterocycles. The number of urea groups is 1. The summed E-state index contributed by atoms with van der Waals surface area (Å²) in [7, 11) is 4.44. The fraction of sp³-hybridized carbons (Fsp3) is 0.125. The summed E-state index contributed by atoms with van der Waals surface area (Å²) in [6, 6.07) is 16.0. The van der Waals surface area contributed by atoms with Crippen molar-refractivity contribution in [2.75, 3.05) is 26.1 Å². The third-order valence-electron chi connectivity index (χ3n) is 4.78. The van der Waals surface area contributed by atoms with Gasteiger partial charge in [0.2, 0.25) is 0 Å². The third kappa shape index (κ3) is 6.85. The van der Waals surface area contributed by atoms with E-state index in [1.165, 1.54) is 34.4 Å². The number of amides is 2. The SMILES string of the molecule is CNC(=O)N(C)c1nc2ccccc2s1.COC(=O)c1cc(Oc2ccc(Cl)cc2Cl)ccc1[N+](=O)[O-]. The van der Waals surface area contributed by atoms with Crippen LogP contribution < -0.4 is 15.0 Å². The Balaban J connectivity index is 0.000000220. The number of halogens is 2. The maximum atomic E-state index is 11.6. The highest BCUT2D eigenvalue weighted by atomic mass is 35.5. The van der Waals surface area contributed by atoms with Crippen molar-refractivity contribution in [3.63, 3.8) is 0 Å². The van der Waals surface area contributed by atoms with Gasteiger partial charge in [-0.15, -0.1) is 0 Å². The highest BCUT2D eigenvalue weighted by Crippen LogP contribution is 2.33. The molecule has 0 fully saturated rings. The van der Waals surface area contributed by atoms with E-state index < -0.39 is 10.9 Å². The number of para-hydroxylation sites is 1. The van der Waals surface area contributed by atoms with Gasteiger partial charge in [-0.25, -0.2) is 14.6 Å². The predicted molar refractivity (Wildman–Crippen MR) is 143 cm³/mol. The average Bonchev–Trinajstić information content (AvgIpc) is 3.33. The lowest BCUT2D eigenvalue weighted by Gasteiger charge is -2.11. The maximum absolute atomic E-state index is 11.6. The van der Waals surface area contributed by atoms with Crippen LogP contribution in [0.4, 0.5) is 15.6 Å². The molecule has 3 aromatic carbocycles. The van der Waals surface area contributed by atoms with E-state index in [9.17, 15) is 19.7 Å². The summed E-state index contributed by atoms with van der Waals surface area (Å²) in [5, 5.41) is 14.9. The molecule has 192 valence electrons. The van der Waals surface area contributed by atoms with Gasteiger partial charge < -0.3 is 14.8 Å². The molecule has 4 aromatic rings. The summed E-state index contributed by atoms with van der Waals surface area (Å²) in [5.41, 5.74) is 0.338. The number of benzene rings is 3. The van der Waals surface area contributed by atoms with Gasteiger partial charge in [0.05, 0.1) is 27.3 Å². The maximum Gasteiger partial charge on any atom is 0.345 e. The van der Waals surface area contributed by atoms with Crippen LogP contribution in [0.3, 0.4) is 0 Å². The van der Waals surface area contributed by atoms with Crippen molar-refractivity contribution >= 4 is 67.6 Å². The Labute approximate surface area is 225 Å². The van der Waals surface area contributed by atoms with Crippen molar-refractivity contribution in [3.8, 4) is 11.5 Å². The number of hydrogen-bond donors (Lipinski definition) is 1. The normalized spacial score (nSPS) is 10.2. The highest BCUT2D eigenvalue weighted by molar-refractivity contribution is 7.22. The predicted octanol–water partition coefficient (Wildman–Crippen LogP) is 6.55. The van der Waals surface area contributed by atoms with Gasteiger partial charge in [-0.2, -0.15) is 0 Å². The summed E-state index contributed by atoms with van der Waals surface area (Å²) < 4.78 is 11.1. The molecule has 1 aromatic heterocycles. The number of thiazole rings is 1. The Kier molecular flexibility index (Phi) is 9.23. The number of rotatable bonds is 5. The molecule has 0 aliphatic carbocycles. The zero-order chi connectivity index (χ0) is 27.1. The molecule has 10 nitrogen and oxygen atoms in total. The molecule has 0 atom stereocenters. The van der Waals surface area contributed by atoms with Gasteiger partial charge in [-0.1, -0.05) is 46.7 Å². The van der Waals surface area contributed by atoms with Crippen LogP contribution in [-0.4, -0.2) is 43.1 Å². The van der Waals surface area contributed by atoms with Gasteiger partial charge in [-0.3, -0.25) is 15.0 Å². The molecular weight excluding hydrogens is 543 g/mol. The van der Waals surface area contributed by atoms with Crippen molar-refractivity contribution in [2.45, 2.75) is 0 Å². The summed E-state index contributed by atoms with van der Waals surface area (Å²) >= 11 is 13.3. The molecule has 1 heterocycles. The van der Waals surface area contributed by atoms with Crippen molar-refractivity contribution in [2.24, 2.45) is 0 Å². The lowest BCUT2D eigenvalue weighted by Crippen LogP contribution is -2.34. The number of carbonyl (C=O) groups excluding carboxylic acids is 2. The number of aromatic nitrogens is 1. The molecule has 0 radical (unpaired) electrons. The van der Waals surface area contributed by atoms with Crippen LogP contribution in [0.2, 0.25) is 10.0 Å². The Bertz CT molecular complexity index is 1430. The average molecular weight is 563 g/mol. The number of anilines is 1. The summed E-state index contributed by atoms with van der Waals surface area (Å²) in [6.07, 6.45) is 0. The van der Waals surface area contributed by atoms with Gasteiger partial charge in [0.15, 0.2) is 5.13 Å². The molecule has 37 heavy (non-hydrogen) atoms. The standard InChI is InChI=1S/C14H9Cl2NO5.C10H11N3OS/c1-21-14(18)10-7-9(3-4-12(10)17(19)20)22-13-5-2-8(15)6-11(13)16;1-11-9(14)13(2)10-12-7-5-3-4-6-8(7)15-10/h2-7H,1H3;3-6H,1-2H3,(H,11,14). The molecule has 13 heteroatoms. The van der Waals surface area contributed by atoms with E-state index in [0.29, 0.717) is 15.9 Å². The van der Waals surface area contributed by atoms with Crippen LogP contribution in [0, 0.1) is 10.1 Å². The Morgan fingerprint density at radius 3 is 2.46 bits per heavy atom. The minimum atomic E-state index is -0.834. The summed E-state index contributed by atoms with van der Waals surface area (Å²) in [6.45, 7) is 0. The molecule has 0 spiro atoms. The van der Waals surface area contributed by atoms with E-state index >= 15 is 0 Å². The van der Waals surface area contributed by atoms with Gasteiger partial charge in [0.25, 0.3) is 5.69 Å². The first kappa shape index (κ1) is 27.7. The molecule has 1 N–H and O–H groups in total. The first-order chi connectivity index (χ1) is 17.6. The Hall–Kier alpha value is -3.93. The van der Waals surface area contributed by atoms with E-state index in [1.807, 2.05) is 24.3 Å². The van der Waals surface area contributed by atoms with Gasteiger partial charge in [-0.05, 0) is 36.4 Å². The first-order valence-corrected chi connectivity index (χ1v) is 12.0. The number of nitro groups is 1. The number of nitro benzene ring substituents is 1. The van der Waals surface area contributed by atoms with E-state index in [-0.39, 0.29) is 28.1 Å². The zero-order valence-corrected chi connectivity index (χ0v) is 22.1. The second-order valence-corrected chi connectivity index (χ2v) is 9.04. The van der Waals surface area contributed by atoms with Crippen molar-refractivity contribution < 1.29 is 24.0 Å². The van der Waals surface area contributed by atoms with Crippen LogP contribution in [0.15, 0.2) is 60.7 Å². The lowest BCUT2D eigenvalue weighted by atomic mass is 10.1. The Morgan fingerprint density at radius 2 is 1.84 bits per heavy atom. The molecule has 0 bridgehead atoms. The summed E-state index contributed by atoms with van der Waals surface area (Å²) in [5.74, 6) is -0.328. The van der Waals surface area contributed by atoms with Crippen LogP contribution in [0.25, 0.3) is 10.2 Å². The molecule has 0 aliphatic rings. The van der Waals surface area contributed by atoms with E-state index in [0.717, 1.165) is 23.4 Å². The monoisotopic (exact) mass is 562 g/mol. The van der Waals surface area contributed by atoms with Crippen molar-refractivity contribution in [1.82, 2.24) is 10.3 Å². The van der Waals surface area contributed by atoms with Gasteiger partial charge in [0, 0.05) is 31.3 Å². The third-order valence-corrected chi connectivity index (χ3v) is 6.42. The number of hydrogen-bond acceptors (Lipinski definition) is 8. The van der Waals surface area contributed by atoms with E-state index in [4.69, 9.17) is 27.9 Å². The fourth-order valence-electron chi connectivity index (χ4n) is 2.95. The lowest BCUT2D eigenvalue weighted by molar-refractivity contribution is -0.385. The number of ether oxygens (including phenoxy) is 2. The number of nitrogens with zero attached hydrogens (tertiary/aromatic N) is 3. The molecule has 0 saturated heterocycles. The molecule has 0 saturated carbocycles. The fourth-order valence-corrected chi connectivity index (χ4v) is 4.33. The number of methoxy groups -OCH3 is 1. The topological polar surface area (TPSA) is 124 Å². The van der Waals surface area contributed by atoms with Crippen LogP contribution in [-0.2, 0) is 4.74 Å². The second kappa shape index (κ2) is 12.3. The minimum absolute atomic E-state index is 0.158. The van der Waals surface area contributed by atoms with Crippen LogP contribution in [0.5, 0.6) is 11.5 Å². The Morgan fingerprint density at radius 1 is 1.11 bits per heavy atom. The number of esters is 1. The van der Waals surface area contributed by atoms with Crippen LogP contribution in [0.1, 0.15) is 10.4 Å². The molecule has 4 rings (SSSR count). The number of fused-ring (bicyclic) bond motifs is 1. The number of carbonyl (C=O) groups is 2. The zero-order valence-electron chi connectivity index (χ0n) is 19.7. The molecule has 2 amide bonds. The van der Waals surface area contributed by atoms with Crippen molar-refractivity contribution in [1.29, 1.82) is 0 Å². The largest absolute Gasteiger partial charge is 0.465 e. The van der Waals surface area contributed by atoms with E-state index in [2.05, 4.69) is 15.0 Å². The smallest absolute Gasteiger partial charge is 0.345 e. The quantitative estimate of drug-likeness (QED) is 0.166. The van der Waals surface area contributed by atoms with E-state index in [1.54, 1.807) is 26.2 Å². The van der Waals surface area contributed by atoms with Gasteiger partial charge >= 0.3 is 12.0 Å². The molecular formula is C24H20Cl2N4O6S. The first-order valence-electron chi connectivity index (χ1n) is 10.4. The summed E-state index contributed by atoms with van der Waals surface area (Å²) in [4.78, 5) is 39.1. The highest BCUT2D eigenvalue weighted by Gasteiger charge is 2.22. The molecule has 0 unspecified atom stereocenters. The van der Waals surface area contributed by atoms with Crippen LogP contribution >= 0.6 is 34.5 Å². The number of nitrogens with one attached hydrogen (secondary N) is 1. The second-order valence-electron chi connectivity index (χ2n) is 7.18. The minimum Gasteiger partial charge on any atom is -0.465 e.